The molecule has 0 saturated heterocycles. The average Bonchev–Trinajstić information content (AvgIpc) is 2.60. The number of nitrogens with one attached hydrogen (secondary N) is 2. The van der Waals surface area contributed by atoms with Crippen LogP contribution in [0.2, 0.25) is 5.02 Å². The summed E-state index contributed by atoms with van der Waals surface area (Å²) in [5.74, 6) is -1.63. The molecule has 0 fully saturated rings. The standard InChI is InChI=1S/C16H11ClF2N4O2S/c17-10-4-1-2-7-13(10)26(24,25)23-15-9-8-14(21-22-15)20-16-11(18)5-3-6-12(16)19/h1-9H,(H,20,21)(H,22,23). The first-order valence-electron chi connectivity index (χ1n) is 7.19. The quantitative estimate of drug-likeness (QED) is 0.682. The van der Waals surface area contributed by atoms with Crippen molar-refractivity contribution in [3.8, 4) is 0 Å². The Hall–Kier alpha value is -2.78. The van der Waals surface area contributed by atoms with E-state index in [1.54, 1.807) is 6.07 Å². The van der Waals surface area contributed by atoms with Gasteiger partial charge in [0.05, 0.1) is 5.02 Å². The second kappa shape index (κ2) is 7.22. The van der Waals surface area contributed by atoms with Crippen molar-refractivity contribution in [2.24, 2.45) is 0 Å². The summed E-state index contributed by atoms with van der Waals surface area (Å²) in [5, 5.41) is 9.89. The van der Waals surface area contributed by atoms with Crippen LogP contribution in [-0.2, 0) is 10.0 Å². The predicted molar refractivity (Wildman–Crippen MR) is 93.9 cm³/mol. The molecule has 0 bridgehead atoms. The molecule has 0 radical (unpaired) electrons. The molecule has 0 saturated carbocycles. The van der Waals surface area contributed by atoms with Crippen molar-refractivity contribution in [1.82, 2.24) is 10.2 Å². The van der Waals surface area contributed by atoms with Gasteiger partial charge in [-0.1, -0.05) is 29.8 Å². The molecule has 2 aromatic carbocycles. The summed E-state index contributed by atoms with van der Waals surface area (Å²) < 4.78 is 54.1. The van der Waals surface area contributed by atoms with Gasteiger partial charge in [0, 0.05) is 0 Å². The summed E-state index contributed by atoms with van der Waals surface area (Å²) in [5.41, 5.74) is -0.383. The van der Waals surface area contributed by atoms with Gasteiger partial charge < -0.3 is 5.32 Å². The summed E-state index contributed by atoms with van der Waals surface area (Å²) in [6.07, 6.45) is 0. The molecule has 1 aromatic heterocycles. The normalized spacial score (nSPS) is 11.2. The molecule has 0 aliphatic carbocycles. The second-order valence-corrected chi connectivity index (χ2v) is 7.12. The van der Waals surface area contributed by atoms with E-state index in [4.69, 9.17) is 11.6 Å². The summed E-state index contributed by atoms with van der Waals surface area (Å²) in [6.45, 7) is 0. The largest absolute Gasteiger partial charge is 0.334 e. The van der Waals surface area contributed by atoms with Crippen molar-refractivity contribution in [2.75, 3.05) is 10.0 Å². The van der Waals surface area contributed by atoms with Crippen LogP contribution in [-0.4, -0.2) is 18.6 Å². The van der Waals surface area contributed by atoms with Crippen molar-refractivity contribution in [1.29, 1.82) is 0 Å². The molecule has 0 aliphatic heterocycles. The van der Waals surface area contributed by atoms with Gasteiger partial charge in [-0.2, -0.15) is 0 Å². The molecule has 6 nitrogen and oxygen atoms in total. The Morgan fingerprint density at radius 1 is 0.846 bits per heavy atom. The van der Waals surface area contributed by atoms with Crippen molar-refractivity contribution in [3.05, 3.63) is 71.3 Å². The third-order valence-corrected chi connectivity index (χ3v) is 5.10. The van der Waals surface area contributed by atoms with Crippen LogP contribution >= 0.6 is 11.6 Å². The Balaban J connectivity index is 1.79. The van der Waals surface area contributed by atoms with E-state index in [1.807, 2.05) is 0 Å². The van der Waals surface area contributed by atoms with Crippen molar-refractivity contribution in [3.63, 3.8) is 0 Å². The number of rotatable bonds is 5. The smallest absolute Gasteiger partial charge is 0.264 e. The van der Waals surface area contributed by atoms with Crippen LogP contribution in [0.5, 0.6) is 0 Å². The number of hydrogen-bond donors (Lipinski definition) is 2. The van der Waals surface area contributed by atoms with Gasteiger partial charge in [-0.25, -0.2) is 17.2 Å². The molecule has 3 aromatic rings. The maximum Gasteiger partial charge on any atom is 0.264 e. The maximum absolute atomic E-state index is 13.6. The lowest BCUT2D eigenvalue weighted by Gasteiger charge is -2.10. The predicted octanol–water partition coefficient (Wildman–Crippen LogP) is 3.95. The van der Waals surface area contributed by atoms with Gasteiger partial charge in [-0.3, -0.25) is 4.72 Å². The third-order valence-electron chi connectivity index (χ3n) is 3.25. The highest BCUT2D eigenvalue weighted by molar-refractivity contribution is 7.92. The first-order valence-corrected chi connectivity index (χ1v) is 9.05. The van der Waals surface area contributed by atoms with Crippen LogP contribution in [0.1, 0.15) is 0 Å². The van der Waals surface area contributed by atoms with Gasteiger partial charge in [-0.05, 0) is 36.4 Å². The van der Waals surface area contributed by atoms with E-state index >= 15 is 0 Å². The number of halogens is 3. The van der Waals surface area contributed by atoms with Crippen LogP contribution in [0.3, 0.4) is 0 Å². The van der Waals surface area contributed by atoms with E-state index in [9.17, 15) is 17.2 Å². The minimum Gasteiger partial charge on any atom is -0.334 e. The molecule has 10 heteroatoms. The molecule has 1 heterocycles. The zero-order chi connectivity index (χ0) is 18.7. The van der Waals surface area contributed by atoms with E-state index in [0.717, 1.165) is 12.1 Å². The fourth-order valence-electron chi connectivity index (χ4n) is 2.05. The molecule has 2 N–H and O–H groups in total. The Morgan fingerprint density at radius 2 is 1.46 bits per heavy atom. The highest BCUT2D eigenvalue weighted by atomic mass is 35.5. The summed E-state index contributed by atoms with van der Waals surface area (Å²) in [7, 11) is -3.95. The number of nitrogens with zero attached hydrogens (tertiary/aromatic N) is 2. The molecular formula is C16H11ClF2N4O2S. The Kier molecular flexibility index (Phi) is 5.01. The van der Waals surface area contributed by atoms with Crippen molar-refractivity contribution >= 4 is 38.9 Å². The average molecular weight is 397 g/mol. The van der Waals surface area contributed by atoms with E-state index < -0.39 is 21.7 Å². The van der Waals surface area contributed by atoms with Crippen molar-refractivity contribution in [2.45, 2.75) is 4.90 Å². The first kappa shape index (κ1) is 18.0. The number of sulfonamides is 1. The zero-order valence-electron chi connectivity index (χ0n) is 12.9. The zero-order valence-corrected chi connectivity index (χ0v) is 14.5. The van der Waals surface area contributed by atoms with Crippen LogP contribution in [0.15, 0.2) is 59.5 Å². The Bertz CT molecular complexity index is 1030. The molecular weight excluding hydrogens is 386 g/mol. The third kappa shape index (κ3) is 3.89. The molecule has 0 unspecified atom stereocenters. The molecule has 134 valence electrons. The van der Waals surface area contributed by atoms with E-state index in [-0.39, 0.29) is 27.2 Å². The van der Waals surface area contributed by atoms with Gasteiger partial charge in [-0.15, -0.1) is 10.2 Å². The SMILES string of the molecule is O=S(=O)(Nc1ccc(Nc2c(F)cccc2F)nn1)c1ccccc1Cl. The maximum atomic E-state index is 13.6. The first-order chi connectivity index (χ1) is 12.4. The molecule has 26 heavy (non-hydrogen) atoms. The van der Waals surface area contributed by atoms with Crippen LogP contribution in [0.25, 0.3) is 0 Å². The topological polar surface area (TPSA) is 84.0 Å². The highest BCUT2D eigenvalue weighted by Crippen LogP contribution is 2.24. The molecule has 0 atom stereocenters. The highest BCUT2D eigenvalue weighted by Gasteiger charge is 2.18. The molecule has 0 spiro atoms. The molecule has 0 amide bonds. The fraction of sp³-hybridized carbons (Fsp3) is 0. The number of anilines is 3. The van der Waals surface area contributed by atoms with Gasteiger partial charge >= 0.3 is 0 Å². The van der Waals surface area contributed by atoms with Crippen LogP contribution in [0.4, 0.5) is 26.1 Å². The van der Waals surface area contributed by atoms with E-state index in [1.165, 1.54) is 36.4 Å². The summed E-state index contributed by atoms with van der Waals surface area (Å²) in [4.78, 5) is -0.112. The minimum absolute atomic E-state index is 0.0368. The molecule has 0 aliphatic rings. The lowest BCUT2D eigenvalue weighted by Crippen LogP contribution is -2.15. The number of para-hydroxylation sites is 1. The monoisotopic (exact) mass is 396 g/mol. The van der Waals surface area contributed by atoms with Gasteiger partial charge in [0.15, 0.2) is 11.6 Å². The van der Waals surface area contributed by atoms with E-state index in [2.05, 4.69) is 20.2 Å². The lowest BCUT2D eigenvalue weighted by molar-refractivity contribution is 0.590. The van der Waals surface area contributed by atoms with E-state index in [0.29, 0.717) is 0 Å². The van der Waals surface area contributed by atoms with Gasteiger partial charge in [0.1, 0.15) is 22.2 Å². The summed E-state index contributed by atoms with van der Waals surface area (Å²) >= 11 is 5.88. The van der Waals surface area contributed by atoms with Crippen LogP contribution in [0, 0.1) is 11.6 Å². The summed E-state index contributed by atoms with van der Waals surface area (Å²) in [6, 6.07) is 11.9. The number of aromatic nitrogens is 2. The van der Waals surface area contributed by atoms with Crippen LogP contribution < -0.4 is 10.0 Å². The number of hydrogen-bond acceptors (Lipinski definition) is 5. The second-order valence-electron chi connectivity index (χ2n) is 5.06. The Labute approximate surface area is 152 Å². The number of benzene rings is 2. The van der Waals surface area contributed by atoms with Gasteiger partial charge in [0.2, 0.25) is 0 Å². The molecule has 3 rings (SSSR count). The Morgan fingerprint density at radius 3 is 2.08 bits per heavy atom. The fourth-order valence-corrected chi connectivity index (χ4v) is 3.57. The van der Waals surface area contributed by atoms with Crippen molar-refractivity contribution < 1.29 is 17.2 Å². The lowest BCUT2D eigenvalue weighted by atomic mass is 10.3. The van der Waals surface area contributed by atoms with Gasteiger partial charge in [0.25, 0.3) is 10.0 Å². The minimum atomic E-state index is -3.95.